The summed E-state index contributed by atoms with van der Waals surface area (Å²) in [6, 6.07) is 6.21. The first-order valence-corrected chi connectivity index (χ1v) is 7.33. The molecule has 0 fully saturated rings. The molecule has 0 spiro atoms. The number of rotatable bonds is 8. The number of benzene rings is 1. The van der Waals surface area contributed by atoms with Crippen molar-refractivity contribution in [1.82, 2.24) is 10.6 Å². The van der Waals surface area contributed by atoms with Crippen molar-refractivity contribution in [2.24, 2.45) is 5.92 Å². The predicted octanol–water partition coefficient (Wildman–Crippen LogP) is 0.948. The Balaban J connectivity index is 2.78. The van der Waals surface area contributed by atoms with Crippen molar-refractivity contribution >= 4 is 11.8 Å². The van der Waals surface area contributed by atoms with Crippen LogP contribution in [0.4, 0.5) is 0 Å². The molecule has 0 saturated carbocycles. The zero-order valence-corrected chi connectivity index (χ0v) is 13.3. The quantitative estimate of drug-likeness (QED) is 0.624. The first-order chi connectivity index (χ1) is 10.5. The van der Waals surface area contributed by atoms with Gasteiger partial charge in [0.2, 0.25) is 5.91 Å². The molecule has 0 saturated heterocycles. The summed E-state index contributed by atoms with van der Waals surface area (Å²) in [4.78, 5) is 24.5. The van der Waals surface area contributed by atoms with Crippen molar-refractivity contribution in [1.29, 1.82) is 0 Å². The Morgan fingerprint density at radius 3 is 2.55 bits per heavy atom. The number of amides is 2. The maximum absolute atomic E-state index is 12.4. The van der Waals surface area contributed by atoms with Crippen LogP contribution in [0.25, 0.3) is 0 Å². The van der Waals surface area contributed by atoms with Gasteiger partial charge in [-0.2, -0.15) is 0 Å². The molecule has 0 aliphatic rings. The standard InChI is InChI=1S/C16H24N2O4/c1-11(2)14(16(21)17-9-6-10-19)18-15(20)12-7-4-5-8-13(12)22-3/h4-5,7-8,11,14,19H,6,9-10H2,1-3H3,(H,17,21)(H,18,20)/t14-/m1/s1. The highest BCUT2D eigenvalue weighted by molar-refractivity contribution is 5.99. The van der Waals surface area contributed by atoms with Gasteiger partial charge in [-0.1, -0.05) is 26.0 Å². The van der Waals surface area contributed by atoms with Gasteiger partial charge in [0.15, 0.2) is 0 Å². The average Bonchev–Trinajstić information content (AvgIpc) is 2.52. The SMILES string of the molecule is COc1ccccc1C(=O)N[C@@H](C(=O)NCCCO)C(C)C. The van der Waals surface area contributed by atoms with Crippen LogP contribution >= 0.6 is 0 Å². The molecule has 2 amide bonds. The Kier molecular flexibility index (Phi) is 7.39. The number of hydrogen-bond acceptors (Lipinski definition) is 4. The predicted molar refractivity (Wildman–Crippen MR) is 83.8 cm³/mol. The van der Waals surface area contributed by atoms with Crippen LogP contribution < -0.4 is 15.4 Å². The summed E-state index contributed by atoms with van der Waals surface area (Å²) < 4.78 is 5.16. The second-order valence-electron chi connectivity index (χ2n) is 5.26. The van der Waals surface area contributed by atoms with E-state index >= 15 is 0 Å². The van der Waals surface area contributed by atoms with Crippen LogP contribution in [0, 0.1) is 5.92 Å². The number of nitrogens with one attached hydrogen (secondary N) is 2. The van der Waals surface area contributed by atoms with Crippen molar-refractivity contribution in [2.45, 2.75) is 26.3 Å². The molecule has 0 aliphatic carbocycles. The van der Waals surface area contributed by atoms with Gasteiger partial charge in [0.25, 0.3) is 5.91 Å². The van der Waals surface area contributed by atoms with Crippen LogP contribution in [0.5, 0.6) is 5.75 Å². The van der Waals surface area contributed by atoms with Crippen LogP contribution in [-0.4, -0.2) is 43.2 Å². The number of hydrogen-bond donors (Lipinski definition) is 3. The topological polar surface area (TPSA) is 87.7 Å². The van der Waals surface area contributed by atoms with Gasteiger partial charge in [0.05, 0.1) is 12.7 Å². The molecular weight excluding hydrogens is 284 g/mol. The Bertz CT molecular complexity index is 503. The van der Waals surface area contributed by atoms with Crippen molar-refractivity contribution in [3.05, 3.63) is 29.8 Å². The van der Waals surface area contributed by atoms with Crippen LogP contribution in [0.1, 0.15) is 30.6 Å². The third-order valence-corrected chi connectivity index (χ3v) is 3.22. The van der Waals surface area contributed by atoms with Gasteiger partial charge in [-0.05, 0) is 24.5 Å². The molecule has 122 valence electrons. The molecule has 3 N–H and O–H groups in total. The maximum Gasteiger partial charge on any atom is 0.255 e. The van der Waals surface area contributed by atoms with E-state index in [1.165, 1.54) is 7.11 Å². The zero-order valence-electron chi connectivity index (χ0n) is 13.3. The van der Waals surface area contributed by atoms with Gasteiger partial charge >= 0.3 is 0 Å². The molecule has 0 unspecified atom stereocenters. The van der Waals surface area contributed by atoms with Crippen molar-refractivity contribution < 1.29 is 19.4 Å². The Morgan fingerprint density at radius 2 is 1.95 bits per heavy atom. The smallest absolute Gasteiger partial charge is 0.255 e. The van der Waals surface area contributed by atoms with Crippen LogP contribution in [0.3, 0.4) is 0 Å². The highest BCUT2D eigenvalue weighted by atomic mass is 16.5. The molecule has 0 bridgehead atoms. The number of methoxy groups -OCH3 is 1. The minimum Gasteiger partial charge on any atom is -0.496 e. The molecule has 6 nitrogen and oxygen atoms in total. The molecular formula is C16H24N2O4. The molecule has 0 heterocycles. The van der Waals surface area contributed by atoms with Crippen LogP contribution in [-0.2, 0) is 4.79 Å². The van der Waals surface area contributed by atoms with E-state index in [1.807, 2.05) is 13.8 Å². The lowest BCUT2D eigenvalue weighted by Crippen LogP contribution is -2.50. The molecule has 6 heteroatoms. The second-order valence-corrected chi connectivity index (χ2v) is 5.26. The number of carbonyl (C=O) groups excluding carboxylic acids is 2. The van der Waals surface area contributed by atoms with E-state index in [0.717, 1.165) is 0 Å². The van der Waals surface area contributed by atoms with Crippen molar-refractivity contribution in [3.8, 4) is 5.75 Å². The van der Waals surface area contributed by atoms with E-state index in [4.69, 9.17) is 9.84 Å². The molecule has 0 aliphatic heterocycles. The Morgan fingerprint density at radius 1 is 1.27 bits per heavy atom. The lowest BCUT2D eigenvalue weighted by Gasteiger charge is -2.22. The van der Waals surface area contributed by atoms with Gasteiger partial charge in [-0.15, -0.1) is 0 Å². The molecule has 1 atom stereocenters. The highest BCUT2D eigenvalue weighted by Crippen LogP contribution is 2.17. The average molecular weight is 308 g/mol. The van der Waals surface area contributed by atoms with Gasteiger partial charge in [-0.25, -0.2) is 0 Å². The summed E-state index contributed by atoms with van der Waals surface area (Å²) in [5, 5.41) is 14.2. The minimum atomic E-state index is -0.642. The van der Waals surface area contributed by atoms with Gasteiger partial charge in [-0.3, -0.25) is 9.59 Å². The molecule has 1 rings (SSSR count). The zero-order chi connectivity index (χ0) is 16.5. The maximum atomic E-state index is 12.4. The van der Waals surface area contributed by atoms with E-state index in [9.17, 15) is 9.59 Å². The third-order valence-electron chi connectivity index (χ3n) is 3.22. The number of ether oxygens (including phenoxy) is 1. The highest BCUT2D eigenvalue weighted by Gasteiger charge is 2.25. The number of carbonyl (C=O) groups is 2. The molecule has 0 aromatic heterocycles. The van der Waals surface area contributed by atoms with Crippen molar-refractivity contribution in [2.75, 3.05) is 20.3 Å². The first kappa shape index (κ1) is 18.0. The summed E-state index contributed by atoms with van der Waals surface area (Å²) in [6.07, 6.45) is 0.483. The number of aliphatic hydroxyl groups excluding tert-OH is 1. The van der Waals surface area contributed by atoms with E-state index in [-0.39, 0.29) is 24.3 Å². The fourth-order valence-electron chi connectivity index (χ4n) is 1.99. The molecule has 22 heavy (non-hydrogen) atoms. The Hall–Kier alpha value is -2.08. The fraction of sp³-hybridized carbons (Fsp3) is 0.500. The minimum absolute atomic E-state index is 0.0141. The van der Waals surface area contributed by atoms with Crippen LogP contribution in [0.15, 0.2) is 24.3 Å². The number of aliphatic hydroxyl groups is 1. The first-order valence-electron chi connectivity index (χ1n) is 7.33. The summed E-state index contributed by atoms with van der Waals surface area (Å²) in [5.41, 5.74) is 0.388. The van der Waals surface area contributed by atoms with Gasteiger partial charge in [0, 0.05) is 13.2 Å². The summed E-state index contributed by atoms with van der Waals surface area (Å²) in [5.74, 6) is -0.212. The molecule has 1 aromatic carbocycles. The monoisotopic (exact) mass is 308 g/mol. The normalized spacial score (nSPS) is 11.9. The Labute approximate surface area is 130 Å². The summed E-state index contributed by atoms with van der Waals surface area (Å²) in [7, 11) is 1.49. The van der Waals surface area contributed by atoms with E-state index in [1.54, 1.807) is 24.3 Å². The summed E-state index contributed by atoms with van der Waals surface area (Å²) >= 11 is 0. The second kappa shape index (κ2) is 9.04. The lowest BCUT2D eigenvalue weighted by molar-refractivity contribution is -0.123. The number of para-hydroxylation sites is 1. The third kappa shape index (κ3) is 5.04. The van der Waals surface area contributed by atoms with E-state index in [0.29, 0.717) is 24.3 Å². The summed E-state index contributed by atoms with van der Waals surface area (Å²) in [6.45, 7) is 4.11. The van der Waals surface area contributed by atoms with E-state index in [2.05, 4.69) is 10.6 Å². The van der Waals surface area contributed by atoms with Crippen LogP contribution in [0.2, 0.25) is 0 Å². The largest absolute Gasteiger partial charge is 0.496 e. The van der Waals surface area contributed by atoms with Gasteiger partial charge < -0.3 is 20.5 Å². The molecule has 1 aromatic rings. The molecule has 0 radical (unpaired) electrons. The lowest BCUT2D eigenvalue weighted by atomic mass is 10.0. The van der Waals surface area contributed by atoms with E-state index < -0.39 is 6.04 Å². The fourth-order valence-corrected chi connectivity index (χ4v) is 1.99. The van der Waals surface area contributed by atoms with Gasteiger partial charge in [0.1, 0.15) is 11.8 Å². The van der Waals surface area contributed by atoms with Crippen molar-refractivity contribution in [3.63, 3.8) is 0 Å².